The van der Waals surface area contributed by atoms with Gasteiger partial charge in [0.05, 0.1) is 17.7 Å². The summed E-state index contributed by atoms with van der Waals surface area (Å²) in [7, 11) is -1.88. The first-order valence-electron chi connectivity index (χ1n) is 8.97. The zero-order valence-corrected chi connectivity index (χ0v) is 16.0. The molecule has 1 saturated heterocycles. The summed E-state index contributed by atoms with van der Waals surface area (Å²) in [5.74, 6) is 0.808. The second-order valence-electron chi connectivity index (χ2n) is 6.54. The van der Waals surface area contributed by atoms with Crippen LogP contribution in [0.5, 0.6) is 5.75 Å². The van der Waals surface area contributed by atoms with Crippen molar-refractivity contribution in [2.75, 3.05) is 38.2 Å². The molecule has 0 radical (unpaired) electrons. The molecule has 0 aliphatic carbocycles. The Balaban J connectivity index is 1.58. The van der Waals surface area contributed by atoms with Gasteiger partial charge in [-0.1, -0.05) is 48.5 Å². The standard InChI is InChI=1S/C21H22N2O3S/c1-26-20-11-5-4-10-19(20)22-13-15-23(16-14-22)27(24,25)21-12-6-8-17-7-2-3-9-18(17)21/h2-12H,13-16H2,1H3. The Bertz CT molecular complexity index is 1050. The molecule has 4 rings (SSSR count). The summed E-state index contributed by atoms with van der Waals surface area (Å²) < 4.78 is 33.5. The molecule has 0 saturated carbocycles. The van der Waals surface area contributed by atoms with Crippen LogP contribution < -0.4 is 9.64 Å². The van der Waals surface area contributed by atoms with E-state index in [1.54, 1.807) is 23.5 Å². The summed E-state index contributed by atoms with van der Waals surface area (Å²) in [6.07, 6.45) is 0. The number of ether oxygens (including phenoxy) is 1. The van der Waals surface area contributed by atoms with Crippen LogP contribution in [0.25, 0.3) is 10.8 Å². The van der Waals surface area contributed by atoms with Gasteiger partial charge in [-0.25, -0.2) is 8.42 Å². The zero-order chi connectivity index (χ0) is 18.9. The first-order valence-corrected chi connectivity index (χ1v) is 10.4. The molecule has 0 unspecified atom stereocenters. The van der Waals surface area contributed by atoms with E-state index in [1.165, 1.54) is 0 Å². The van der Waals surface area contributed by atoms with Crippen molar-refractivity contribution in [3.05, 3.63) is 66.7 Å². The van der Waals surface area contributed by atoms with E-state index in [9.17, 15) is 8.42 Å². The summed E-state index contributed by atoms with van der Waals surface area (Å²) in [6.45, 7) is 2.15. The van der Waals surface area contributed by atoms with Crippen molar-refractivity contribution < 1.29 is 13.2 Å². The molecule has 0 atom stereocenters. The van der Waals surface area contributed by atoms with Gasteiger partial charge in [0.25, 0.3) is 0 Å². The van der Waals surface area contributed by atoms with Crippen LogP contribution in [0.15, 0.2) is 71.6 Å². The largest absolute Gasteiger partial charge is 0.495 e. The molecule has 27 heavy (non-hydrogen) atoms. The summed E-state index contributed by atoms with van der Waals surface area (Å²) in [5.41, 5.74) is 1.00. The van der Waals surface area contributed by atoms with E-state index >= 15 is 0 Å². The molecular formula is C21H22N2O3S. The normalized spacial score (nSPS) is 15.8. The highest BCUT2D eigenvalue weighted by Crippen LogP contribution is 2.30. The Morgan fingerprint density at radius 2 is 1.48 bits per heavy atom. The quantitative estimate of drug-likeness (QED) is 0.694. The minimum absolute atomic E-state index is 0.381. The molecule has 1 aliphatic heterocycles. The zero-order valence-electron chi connectivity index (χ0n) is 15.2. The Kier molecular flexibility index (Phi) is 4.76. The lowest BCUT2D eigenvalue weighted by molar-refractivity contribution is 0.378. The second-order valence-corrected chi connectivity index (χ2v) is 8.45. The van der Waals surface area contributed by atoms with Crippen LogP contribution in [-0.4, -0.2) is 46.0 Å². The van der Waals surface area contributed by atoms with Crippen molar-refractivity contribution in [2.45, 2.75) is 4.90 Å². The number of hydrogen-bond acceptors (Lipinski definition) is 4. The third-order valence-electron chi connectivity index (χ3n) is 5.03. The van der Waals surface area contributed by atoms with Crippen LogP contribution in [0, 0.1) is 0 Å². The predicted octanol–water partition coefficient (Wildman–Crippen LogP) is 3.36. The van der Waals surface area contributed by atoms with Crippen LogP contribution in [0.3, 0.4) is 0 Å². The van der Waals surface area contributed by atoms with E-state index in [1.807, 2.05) is 54.6 Å². The first-order chi connectivity index (χ1) is 13.1. The topological polar surface area (TPSA) is 49.9 Å². The van der Waals surface area contributed by atoms with Crippen LogP contribution in [-0.2, 0) is 10.0 Å². The maximum atomic E-state index is 13.3. The lowest BCUT2D eigenvalue weighted by Crippen LogP contribution is -2.48. The van der Waals surface area contributed by atoms with E-state index in [-0.39, 0.29) is 0 Å². The van der Waals surface area contributed by atoms with E-state index in [4.69, 9.17) is 4.74 Å². The van der Waals surface area contributed by atoms with Crippen molar-refractivity contribution in [2.24, 2.45) is 0 Å². The van der Waals surface area contributed by atoms with E-state index in [0.717, 1.165) is 22.2 Å². The molecular weight excluding hydrogens is 360 g/mol. The highest BCUT2D eigenvalue weighted by atomic mass is 32.2. The van der Waals surface area contributed by atoms with Gasteiger partial charge in [0.1, 0.15) is 5.75 Å². The molecule has 3 aromatic rings. The molecule has 3 aromatic carbocycles. The molecule has 0 amide bonds. The highest BCUT2D eigenvalue weighted by Gasteiger charge is 2.30. The van der Waals surface area contributed by atoms with Gasteiger partial charge in [0, 0.05) is 31.6 Å². The molecule has 0 aromatic heterocycles. The number of rotatable bonds is 4. The molecule has 1 aliphatic rings. The number of anilines is 1. The van der Waals surface area contributed by atoms with E-state index in [0.29, 0.717) is 31.1 Å². The van der Waals surface area contributed by atoms with Gasteiger partial charge >= 0.3 is 0 Å². The predicted molar refractivity (Wildman–Crippen MR) is 108 cm³/mol. The SMILES string of the molecule is COc1ccccc1N1CCN(S(=O)(=O)c2cccc3ccccc23)CC1. The number of methoxy groups -OCH3 is 1. The summed E-state index contributed by atoms with van der Waals surface area (Å²) in [4.78, 5) is 2.56. The average Bonchev–Trinajstić information content (AvgIpc) is 2.73. The summed E-state index contributed by atoms with van der Waals surface area (Å²) in [5, 5.41) is 1.71. The fourth-order valence-electron chi connectivity index (χ4n) is 3.62. The number of nitrogens with zero attached hydrogens (tertiary/aromatic N) is 2. The number of piperazine rings is 1. The molecule has 0 spiro atoms. The Hall–Kier alpha value is -2.57. The van der Waals surface area contributed by atoms with Crippen LogP contribution in [0.2, 0.25) is 0 Å². The van der Waals surface area contributed by atoms with Gasteiger partial charge in [0.15, 0.2) is 0 Å². The molecule has 0 bridgehead atoms. The summed E-state index contributed by atoms with van der Waals surface area (Å²) in [6, 6.07) is 20.9. The lowest BCUT2D eigenvalue weighted by Gasteiger charge is -2.36. The van der Waals surface area contributed by atoms with Crippen molar-refractivity contribution in [1.29, 1.82) is 0 Å². The molecule has 5 nitrogen and oxygen atoms in total. The number of sulfonamides is 1. The Morgan fingerprint density at radius 3 is 2.26 bits per heavy atom. The van der Waals surface area contributed by atoms with E-state index in [2.05, 4.69) is 4.90 Å². The Morgan fingerprint density at radius 1 is 0.815 bits per heavy atom. The maximum Gasteiger partial charge on any atom is 0.243 e. The highest BCUT2D eigenvalue weighted by molar-refractivity contribution is 7.89. The van der Waals surface area contributed by atoms with Crippen molar-refractivity contribution in [1.82, 2.24) is 4.31 Å². The average molecular weight is 382 g/mol. The minimum atomic E-state index is -3.53. The van der Waals surface area contributed by atoms with Crippen LogP contribution in [0.4, 0.5) is 5.69 Å². The molecule has 1 fully saturated rings. The fourth-order valence-corrected chi connectivity index (χ4v) is 5.26. The first kappa shape index (κ1) is 17.8. The maximum absolute atomic E-state index is 13.3. The van der Waals surface area contributed by atoms with Gasteiger partial charge in [0.2, 0.25) is 10.0 Å². The molecule has 140 valence electrons. The van der Waals surface area contributed by atoms with Gasteiger partial charge in [-0.2, -0.15) is 4.31 Å². The number of para-hydroxylation sites is 2. The minimum Gasteiger partial charge on any atom is -0.495 e. The fraction of sp³-hybridized carbons (Fsp3) is 0.238. The lowest BCUT2D eigenvalue weighted by atomic mass is 10.1. The molecule has 6 heteroatoms. The summed E-state index contributed by atoms with van der Waals surface area (Å²) >= 11 is 0. The Labute approximate surface area is 159 Å². The second kappa shape index (κ2) is 7.21. The monoisotopic (exact) mass is 382 g/mol. The van der Waals surface area contributed by atoms with Crippen molar-refractivity contribution in [3.8, 4) is 5.75 Å². The smallest absolute Gasteiger partial charge is 0.243 e. The van der Waals surface area contributed by atoms with Gasteiger partial charge in [-0.05, 0) is 23.6 Å². The van der Waals surface area contributed by atoms with Gasteiger partial charge in [-0.3, -0.25) is 0 Å². The van der Waals surface area contributed by atoms with Crippen LogP contribution in [0.1, 0.15) is 0 Å². The molecule has 0 N–H and O–H groups in total. The number of benzene rings is 3. The van der Waals surface area contributed by atoms with E-state index < -0.39 is 10.0 Å². The third kappa shape index (κ3) is 3.26. The van der Waals surface area contributed by atoms with Crippen molar-refractivity contribution in [3.63, 3.8) is 0 Å². The number of fused-ring (bicyclic) bond motifs is 1. The van der Waals surface area contributed by atoms with Crippen LogP contribution >= 0.6 is 0 Å². The van der Waals surface area contributed by atoms with Crippen molar-refractivity contribution >= 4 is 26.5 Å². The molecule has 1 heterocycles. The van der Waals surface area contributed by atoms with Gasteiger partial charge < -0.3 is 9.64 Å². The van der Waals surface area contributed by atoms with Gasteiger partial charge in [-0.15, -0.1) is 0 Å². The third-order valence-corrected chi connectivity index (χ3v) is 6.99. The number of hydrogen-bond donors (Lipinski definition) is 0.